The van der Waals surface area contributed by atoms with Crippen LogP contribution in [0.2, 0.25) is 0 Å². The van der Waals surface area contributed by atoms with E-state index in [1.807, 2.05) is 23.1 Å². The Hall–Kier alpha value is -2.75. The normalized spacial score (nSPS) is 18.1. The maximum absolute atomic E-state index is 12.7. The van der Waals surface area contributed by atoms with Crippen molar-refractivity contribution in [2.75, 3.05) is 19.6 Å². The van der Waals surface area contributed by atoms with Crippen molar-refractivity contribution in [2.24, 2.45) is 5.92 Å². The van der Waals surface area contributed by atoms with E-state index in [0.29, 0.717) is 31.0 Å². The summed E-state index contributed by atoms with van der Waals surface area (Å²) < 4.78 is 73.0. The molecule has 0 bridgehead atoms. The molecule has 32 heavy (non-hydrogen) atoms. The second-order valence-corrected chi connectivity index (χ2v) is 7.46. The number of hydrogen-bond donors (Lipinski definition) is 1. The summed E-state index contributed by atoms with van der Waals surface area (Å²) in [5.74, 6) is 1.22. The van der Waals surface area contributed by atoms with E-state index in [4.69, 9.17) is 4.74 Å². The molecular weight excluding hydrogens is 438 g/mol. The van der Waals surface area contributed by atoms with E-state index in [0.717, 1.165) is 42.8 Å². The smallest absolute Gasteiger partial charge is 0.416 e. The maximum Gasteiger partial charge on any atom is 0.416 e. The first-order valence-electron chi connectivity index (χ1n) is 10.0. The van der Waals surface area contributed by atoms with Crippen molar-refractivity contribution in [3.8, 4) is 11.5 Å². The van der Waals surface area contributed by atoms with Crippen LogP contribution in [0.15, 0.2) is 42.5 Å². The Morgan fingerprint density at radius 1 is 1.09 bits per heavy atom. The van der Waals surface area contributed by atoms with Crippen LogP contribution in [0.5, 0.6) is 11.5 Å². The van der Waals surface area contributed by atoms with Crippen LogP contribution >= 0.6 is 0 Å². The Bertz CT molecular complexity index is 909. The zero-order valence-corrected chi connectivity index (χ0v) is 17.0. The monoisotopic (exact) mass is 460 g/mol. The first kappa shape index (κ1) is 23.9. The van der Waals surface area contributed by atoms with Crippen molar-refractivity contribution in [3.63, 3.8) is 0 Å². The van der Waals surface area contributed by atoms with E-state index in [1.165, 1.54) is 12.1 Å². The molecule has 2 aliphatic rings. The molecule has 1 fully saturated rings. The van der Waals surface area contributed by atoms with Crippen molar-refractivity contribution < 1.29 is 35.9 Å². The summed E-state index contributed by atoms with van der Waals surface area (Å²) in [4.78, 5) is 14.6. The van der Waals surface area contributed by atoms with E-state index >= 15 is 0 Å². The largest absolute Gasteiger partial charge is 0.457 e. The third-order valence-electron chi connectivity index (χ3n) is 5.35. The molecule has 2 heterocycles. The number of alkyl halides is 6. The van der Waals surface area contributed by atoms with Gasteiger partial charge in [-0.15, -0.1) is 0 Å². The van der Waals surface area contributed by atoms with Gasteiger partial charge < -0.3 is 15.0 Å². The molecule has 0 aliphatic carbocycles. The molecular formula is C22H22F6N2O2. The number of carbonyl (C=O) groups is 1. The first-order chi connectivity index (χ1) is 15.1. The fraction of sp³-hybridized carbons (Fsp3) is 0.409. The number of rotatable bonds is 3. The minimum absolute atomic E-state index is 0.0492. The van der Waals surface area contributed by atoms with Gasteiger partial charge in [-0.05, 0) is 55.3 Å². The number of benzene rings is 2. The van der Waals surface area contributed by atoms with E-state index in [2.05, 4.69) is 5.32 Å². The molecule has 10 heteroatoms. The van der Waals surface area contributed by atoms with Gasteiger partial charge in [0.2, 0.25) is 5.91 Å². The lowest BCUT2D eigenvalue weighted by Crippen LogP contribution is -2.40. The summed E-state index contributed by atoms with van der Waals surface area (Å²) in [6, 6.07) is 10.3. The molecule has 1 saturated heterocycles. The third kappa shape index (κ3) is 6.15. The quantitative estimate of drug-likeness (QED) is 0.643. The molecule has 1 N–H and O–H groups in total. The molecule has 1 atom stereocenters. The summed E-state index contributed by atoms with van der Waals surface area (Å²) in [6.45, 7) is -0.893. The summed E-state index contributed by atoms with van der Waals surface area (Å²) in [5.41, 5.74) is 1.33. The molecule has 0 saturated carbocycles. The van der Waals surface area contributed by atoms with Crippen molar-refractivity contribution in [2.45, 2.75) is 32.2 Å². The molecule has 0 unspecified atom stereocenters. The van der Waals surface area contributed by atoms with Gasteiger partial charge in [0.1, 0.15) is 11.5 Å². The summed E-state index contributed by atoms with van der Waals surface area (Å²) in [7, 11) is 0. The summed E-state index contributed by atoms with van der Waals surface area (Å²) in [5, 5.41) is 3.22. The lowest BCUT2D eigenvalue weighted by atomic mass is 9.97. The second-order valence-electron chi connectivity index (χ2n) is 7.46. The number of carbonyl (C=O) groups excluding carboxylic acids is 1. The van der Waals surface area contributed by atoms with E-state index in [-0.39, 0.29) is 11.8 Å². The van der Waals surface area contributed by atoms with Crippen molar-refractivity contribution >= 4 is 5.91 Å². The van der Waals surface area contributed by atoms with Crippen molar-refractivity contribution in [1.82, 2.24) is 10.2 Å². The minimum atomic E-state index is -4.37. The number of ether oxygens (including phenoxy) is 1. The molecule has 0 radical (unpaired) electrons. The summed E-state index contributed by atoms with van der Waals surface area (Å²) >= 11 is 0. The highest BCUT2D eigenvalue weighted by Gasteiger charge is 2.31. The van der Waals surface area contributed by atoms with Crippen LogP contribution in [-0.2, 0) is 23.9 Å². The van der Waals surface area contributed by atoms with Crippen LogP contribution in [0, 0.1) is 5.92 Å². The van der Waals surface area contributed by atoms with Gasteiger partial charge >= 0.3 is 12.9 Å². The zero-order chi connectivity index (χ0) is 23.3. The van der Waals surface area contributed by atoms with Crippen molar-refractivity contribution in [3.05, 3.63) is 59.2 Å². The fourth-order valence-electron chi connectivity index (χ4n) is 3.82. The number of nitrogens with one attached hydrogen (secondary N) is 1. The van der Waals surface area contributed by atoms with Gasteiger partial charge in [0.15, 0.2) is 0 Å². The Labute approximate surface area is 181 Å². The number of amides is 1. The molecule has 174 valence electrons. The van der Waals surface area contributed by atoms with Gasteiger partial charge in [0, 0.05) is 25.2 Å². The number of hydrogen-bond acceptors (Lipinski definition) is 3. The predicted molar refractivity (Wildman–Crippen MR) is 105 cm³/mol. The molecule has 2 aliphatic heterocycles. The average molecular weight is 460 g/mol. The topological polar surface area (TPSA) is 41.6 Å². The summed E-state index contributed by atoms with van der Waals surface area (Å²) in [6.07, 6.45) is -2.83. The molecule has 1 amide bonds. The molecule has 2 aromatic carbocycles. The zero-order valence-electron chi connectivity index (χ0n) is 17.0. The van der Waals surface area contributed by atoms with Gasteiger partial charge in [0.25, 0.3) is 0 Å². The van der Waals surface area contributed by atoms with Gasteiger partial charge in [-0.2, -0.15) is 26.3 Å². The molecule has 0 aromatic heterocycles. The predicted octanol–water partition coefficient (Wildman–Crippen LogP) is 5.17. The Morgan fingerprint density at radius 2 is 1.78 bits per heavy atom. The van der Waals surface area contributed by atoms with E-state index < -0.39 is 18.4 Å². The van der Waals surface area contributed by atoms with Crippen LogP contribution in [0.4, 0.5) is 26.3 Å². The van der Waals surface area contributed by atoms with Gasteiger partial charge in [-0.3, -0.25) is 4.79 Å². The molecule has 0 spiro atoms. The lowest BCUT2D eigenvalue weighted by molar-refractivity contribution is -0.137. The van der Waals surface area contributed by atoms with Crippen LogP contribution in [0.3, 0.4) is 0 Å². The number of fused-ring (bicyclic) bond motifs is 1. The highest BCUT2D eigenvalue weighted by molar-refractivity contribution is 5.79. The maximum atomic E-state index is 12.7. The van der Waals surface area contributed by atoms with Gasteiger partial charge in [-0.25, -0.2) is 0 Å². The molecule has 4 rings (SSSR count). The van der Waals surface area contributed by atoms with E-state index in [1.54, 1.807) is 0 Å². The van der Waals surface area contributed by atoms with Crippen LogP contribution in [0.1, 0.15) is 23.1 Å². The Morgan fingerprint density at radius 3 is 2.38 bits per heavy atom. The number of nitrogens with zero attached hydrogens (tertiary/aromatic N) is 1. The Kier molecular flexibility index (Phi) is 7.65. The first-order valence-corrected chi connectivity index (χ1v) is 10.0. The van der Waals surface area contributed by atoms with Crippen LogP contribution in [-0.4, -0.2) is 37.1 Å². The third-order valence-corrected chi connectivity index (χ3v) is 5.35. The number of halogens is 6. The average Bonchev–Trinajstić information content (AvgIpc) is 3.27. The van der Waals surface area contributed by atoms with Gasteiger partial charge in [-0.1, -0.05) is 12.1 Å². The lowest BCUT2D eigenvalue weighted by Gasteiger charge is -2.31. The highest BCUT2D eigenvalue weighted by atomic mass is 19.4. The standard InChI is InChI=1S/C21H21F3N2O2.CHF3/c22-21(23,24)16-4-6-17(7-5-16)28-19-3-1-2-15-13-26(11-9-18(15)19)20(27)14-8-10-25-12-14;2-1(3)4/h1-7,14,25H,8-13H2;1H/t14-;/m1./s1. The minimum Gasteiger partial charge on any atom is -0.457 e. The van der Waals surface area contributed by atoms with Gasteiger partial charge in [0.05, 0.1) is 11.5 Å². The van der Waals surface area contributed by atoms with Crippen LogP contribution in [0.25, 0.3) is 0 Å². The Balaban J connectivity index is 0.000000668. The van der Waals surface area contributed by atoms with Crippen LogP contribution < -0.4 is 10.1 Å². The molecule has 2 aromatic rings. The SMILES string of the molecule is FC(F)F.O=C([C@@H]1CCNC1)N1CCc2c(cccc2Oc2ccc(C(F)(F)F)cc2)C1. The van der Waals surface area contributed by atoms with Crippen molar-refractivity contribution in [1.29, 1.82) is 0 Å². The second kappa shape index (κ2) is 10.2. The fourth-order valence-corrected chi connectivity index (χ4v) is 3.82. The molecule has 4 nitrogen and oxygen atoms in total. The highest BCUT2D eigenvalue weighted by Crippen LogP contribution is 2.34. The van der Waals surface area contributed by atoms with E-state index in [9.17, 15) is 31.1 Å².